The molecule has 0 N–H and O–H groups in total. The highest BCUT2D eigenvalue weighted by molar-refractivity contribution is 7.89. The number of aryl methyl sites for hydroxylation is 1. The predicted molar refractivity (Wildman–Crippen MR) is 103 cm³/mol. The van der Waals surface area contributed by atoms with Gasteiger partial charge in [-0.3, -0.25) is 4.57 Å². The fourth-order valence-electron chi connectivity index (χ4n) is 3.63. The summed E-state index contributed by atoms with van der Waals surface area (Å²) in [6, 6.07) is 10.2. The maximum absolute atomic E-state index is 13.2. The standard InChI is InChI=1S/C20H21FN4O2S/c1-2-19-22-12-14-24(19)20-7-3-5-17(23-20)18-6-4-13-25(18)28(26,27)16-10-8-15(21)9-11-16/h3,5,7-12,14,18H,2,4,6,13H2,1H3/t18-/m0/s1. The van der Waals surface area contributed by atoms with Gasteiger partial charge in [0.15, 0.2) is 0 Å². The van der Waals surface area contributed by atoms with Gasteiger partial charge in [-0.1, -0.05) is 13.0 Å². The van der Waals surface area contributed by atoms with Crippen LogP contribution in [0.5, 0.6) is 0 Å². The zero-order valence-corrected chi connectivity index (χ0v) is 16.3. The molecule has 2 aromatic heterocycles. The average Bonchev–Trinajstić information content (AvgIpc) is 3.38. The van der Waals surface area contributed by atoms with E-state index in [1.807, 2.05) is 35.9 Å². The number of rotatable bonds is 5. The van der Waals surface area contributed by atoms with Gasteiger partial charge in [-0.2, -0.15) is 4.31 Å². The van der Waals surface area contributed by atoms with E-state index in [2.05, 4.69) is 4.98 Å². The highest BCUT2D eigenvalue weighted by Crippen LogP contribution is 2.36. The number of pyridine rings is 1. The lowest BCUT2D eigenvalue weighted by atomic mass is 10.1. The Morgan fingerprint density at radius 1 is 1.18 bits per heavy atom. The van der Waals surface area contributed by atoms with Crippen LogP contribution >= 0.6 is 0 Å². The van der Waals surface area contributed by atoms with Gasteiger partial charge >= 0.3 is 0 Å². The fraction of sp³-hybridized carbons (Fsp3) is 0.300. The van der Waals surface area contributed by atoms with Gasteiger partial charge < -0.3 is 0 Å². The zero-order valence-electron chi connectivity index (χ0n) is 15.5. The zero-order chi connectivity index (χ0) is 19.7. The van der Waals surface area contributed by atoms with Gasteiger partial charge in [-0.25, -0.2) is 22.8 Å². The molecule has 146 valence electrons. The van der Waals surface area contributed by atoms with E-state index in [1.165, 1.54) is 28.6 Å². The van der Waals surface area contributed by atoms with Crippen molar-refractivity contribution in [3.05, 3.63) is 72.2 Å². The van der Waals surface area contributed by atoms with Crippen LogP contribution in [0.3, 0.4) is 0 Å². The third kappa shape index (κ3) is 3.33. The van der Waals surface area contributed by atoms with Gasteiger partial charge in [0.05, 0.1) is 16.6 Å². The Morgan fingerprint density at radius 3 is 2.71 bits per heavy atom. The molecular formula is C20H21FN4O2S. The number of hydrogen-bond acceptors (Lipinski definition) is 4. The minimum atomic E-state index is -3.72. The van der Waals surface area contributed by atoms with Crippen molar-refractivity contribution in [2.75, 3.05) is 6.54 Å². The van der Waals surface area contributed by atoms with Crippen molar-refractivity contribution in [1.82, 2.24) is 18.8 Å². The van der Waals surface area contributed by atoms with Gasteiger partial charge in [-0.15, -0.1) is 0 Å². The first kappa shape index (κ1) is 18.8. The minimum Gasteiger partial charge on any atom is -0.288 e. The Kier molecular flexibility index (Phi) is 4.99. The molecule has 0 saturated carbocycles. The molecule has 3 heterocycles. The summed E-state index contributed by atoms with van der Waals surface area (Å²) in [7, 11) is -3.72. The second kappa shape index (κ2) is 7.44. The summed E-state index contributed by atoms with van der Waals surface area (Å²) >= 11 is 0. The molecule has 1 fully saturated rings. The van der Waals surface area contributed by atoms with Gasteiger partial charge in [-0.05, 0) is 49.2 Å². The molecule has 1 atom stereocenters. The normalized spacial score (nSPS) is 17.9. The second-order valence-electron chi connectivity index (χ2n) is 6.72. The molecule has 0 spiro atoms. The van der Waals surface area contributed by atoms with E-state index in [0.717, 1.165) is 24.5 Å². The number of hydrogen-bond donors (Lipinski definition) is 0. The van der Waals surface area contributed by atoms with Crippen LogP contribution in [-0.4, -0.2) is 33.8 Å². The molecule has 1 aromatic carbocycles. The molecule has 4 rings (SSSR count). The Hall–Kier alpha value is -2.58. The molecule has 0 amide bonds. The van der Waals surface area contributed by atoms with Crippen LogP contribution in [0.2, 0.25) is 0 Å². The molecule has 1 aliphatic rings. The first-order chi connectivity index (χ1) is 13.5. The maximum atomic E-state index is 13.2. The van der Waals surface area contributed by atoms with Crippen LogP contribution in [0.25, 0.3) is 5.82 Å². The topological polar surface area (TPSA) is 68.1 Å². The Balaban J connectivity index is 1.69. The average molecular weight is 400 g/mol. The Labute approximate surface area is 163 Å². The SMILES string of the molecule is CCc1nccn1-c1cccc([C@@H]2CCCN2S(=O)(=O)c2ccc(F)cc2)n1. The fourth-order valence-corrected chi connectivity index (χ4v) is 5.30. The highest BCUT2D eigenvalue weighted by atomic mass is 32.2. The summed E-state index contributed by atoms with van der Waals surface area (Å²) in [6.45, 7) is 2.44. The summed E-state index contributed by atoms with van der Waals surface area (Å²) in [5.41, 5.74) is 0.705. The van der Waals surface area contributed by atoms with E-state index in [-0.39, 0.29) is 10.9 Å². The summed E-state index contributed by atoms with van der Waals surface area (Å²) in [5, 5.41) is 0. The molecular weight excluding hydrogens is 379 g/mol. The number of sulfonamides is 1. The summed E-state index contributed by atoms with van der Waals surface area (Å²) in [6.07, 6.45) is 5.80. The van der Waals surface area contributed by atoms with Crippen molar-refractivity contribution in [3.8, 4) is 5.82 Å². The molecule has 1 saturated heterocycles. The summed E-state index contributed by atoms with van der Waals surface area (Å²) < 4.78 is 42.8. The van der Waals surface area contributed by atoms with Gasteiger partial charge in [0, 0.05) is 25.4 Å². The Bertz CT molecular complexity index is 1080. The quantitative estimate of drug-likeness (QED) is 0.657. The molecule has 0 radical (unpaired) electrons. The summed E-state index contributed by atoms with van der Waals surface area (Å²) in [4.78, 5) is 9.16. The van der Waals surface area contributed by atoms with Crippen LogP contribution in [0.4, 0.5) is 4.39 Å². The predicted octanol–water partition coefficient (Wildman–Crippen LogP) is 3.49. The van der Waals surface area contributed by atoms with Crippen molar-refractivity contribution in [3.63, 3.8) is 0 Å². The lowest BCUT2D eigenvalue weighted by molar-refractivity contribution is 0.390. The van der Waals surface area contributed by atoms with E-state index < -0.39 is 15.8 Å². The van der Waals surface area contributed by atoms with Gasteiger partial charge in [0.25, 0.3) is 0 Å². The van der Waals surface area contributed by atoms with Gasteiger partial charge in [0.1, 0.15) is 17.5 Å². The van der Waals surface area contributed by atoms with Crippen LogP contribution < -0.4 is 0 Å². The third-order valence-electron chi connectivity index (χ3n) is 5.00. The third-order valence-corrected chi connectivity index (χ3v) is 6.92. The number of halogens is 1. The number of imidazole rings is 1. The second-order valence-corrected chi connectivity index (χ2v) is 8.61. The monoisotopic (exact) mass is 400 g/mol. The van der Waals surface area contributed by atoms with E-state index in [0.29, 0.717) is 18.7 Å². The van der Waals surface area contributed by atoms with Crippen LogP contribution in [-0.2, 0) is 16.4 Å². The molecule has 28 heavy (non-hydrogen) atoms. The molecule has 0 aliphatic carbocycles. The molecule has 0 bridgehead atoms. The molecule has 0 unspecified atom stereocenters. The maximum Gasteiger partial charge on any atom is 0.243 e. The smallest absolute Gasteiger partial charge is 0.243 e. The number of aromatic nitrogens is 3. The largest absolute Gasteiger partial charge is 0.288 e. The minimum absolute atomic E-state index is 0.0971. The Morgan fingerprint density at radius 2 is 1.96 bits per heavy atom. The van der Waals surface area contributed by atoms with Crippen molar-refractivity contribution < 1.29 is 12.8 Å². The molecule has 1 aliphatic heterocycles. The van der Waals surface area contributed by atoms with Crippen LogP contribution in [0, 0.1) is 5.82 Å². The first-order valence-corrected chi connectivity index (χ1v) is 10.7. The van der Waals surface area contributed by atoms with Crippen LogP contribution in [0.15, 0.2) is 59.8 Å². The number of nitrogens with zero attached hydrogens (tertiary/aromatic N) is 4. The molecule has 3 aromatic rings. The number of benzene rings is 1. The van der Waals surface area contributed by atoms with E-state index in [4.69, 9.17) is 4.98 Å². The summed E-state index contributed by atoms with van der Waals surface area (Å²) in [5.74, 6) is 1.16. The molecule has 8 heteroatoms. The van der Waals surface area contributed by atoms with Crippen molar-refractivity contribution in [2.24, 2.45) is 0 Å². The lowest BCUT2D eigenvalue weighted by Crippen LogP contribution is -2.31. The first-order valence-electron chi connectivity index (χ1n) is 9.27. The van der Waals surface area contributed by atoms with Crippen molar-refractivity contribution in [1.29, 1.82) is 0 Å². The molecule has 6 nitrogen and oxygen atoms in total. The van der Waals surface area contributed by atoms with Crippen molar-refractivity contribution >= 4 is 10.0 Å². The van der Waals surface area contributed by atoms with Gasteiger partial charge in [0.2, 0.25) is 10.0 Å². The van der Waals surface area contributed by atoms with Crippen LogP contribution in [0.1, 0.15) is 37.3 Å². The lowest BCUT2D eigenvalue weighted by Gasteiger charge is -2.24. The highest BCUT2D eigenvalue weighted by Gasteiger charge is 2.37. The van der Waals surface area contributed by atoms with E-state index in [1.54, 1.807) is 6.20 Å². The van der Waals surface area contributed by atoms with E-state index >= 15 is 0 Å². The van der Waals surface area contributed by atoms with Crippen molar-refractivity contribution in [2.45, 2.75) is 37.1 Å². The van der Waals surface area contributed by atoms with E-state index in [9.17, 15) is 12.8 Å².